The summed E-state index contributed by atoms with van der Waals surface area (Å²) >= 11 is 0. The van der Waals surface area contributed by atoms with E-state index in [-0.39, 0.29) is 6.10 Å². The van der Waals surface area contributed by atoms with Crippen LogP contribution in [0.4, 0.5) is 0 Å². The van der Waals surface area contributed by atoms with Gasteiger partial charge in [0.05, 0.1) is 6.10 Å². The van der Waals surface area contributed by atoms with Crippen LogP contribution in [0, 0.1) is 11.8 Å². The zero-order valence-corrected chi connectivity index (χ0v) is 7.76. The maximum Gasteiger partial charge on any atom is 0.127 e. The minimum absolute atomic E-state index is 0.185. The Morgan fingerprint density at radius 3 is 2.92 bits per heavy atom. The average Bonchev–Trinajstić information content (AvgIpc) is 2.04. The van der Waals surface area contributed by atoms with E-state index in [1.807, 2.05) is 0 Å². The van der Waals surface area contributed by atoms with Crippen molar-refractivity contribution in [3.63, 3.8) is 0 Å². The molecular formula is C10H16O2. The number of hydrogen-bond acceptors (Lipinski definition) is 2. The van der Waals surface area contributed by atoms with Gasteiger partial charge in [-0.1, -0.05) is 5.92 Å². The number of ether oxygens (including phenoxy) is 1. The molecule has 68 valence electrons. The first kappa shape index (κ1) is 9.57. The number of hydrogen-bond donors (Lipinski definition) is 1. The van der Waals surface area contributed by atoms with E-state index in [0.717, 1.165) is 19.3 Å². The summed E-state index contributed by atoms with van der Waals surface area (Å²) in [6, 6.07) is 0. The SMILES string of the molecule is CC#CC1(O)CCCC(OC)C1. The molecule has 2 heteroatoms. The van der Waals surface area contributed by atoms with Gasteiger partial charge in [-0.05, 0) is 26.2 Å². The van der Waals surface area contributed by atoms with E-state index in [2.05, 4.69) is 11.8 Å². The van der Waals surface area contributed by atoms with Crippen molar-refractivity contribution in [1.29, 1.82) is 0 Å². The van der Waals surface area contributed by atoms with Crippen LogP contribution in [-0.4, -0.2) is 23.9 Å². The van der Waals surface area contributed by atoms with Crippen molar-refractivity contribution in [2.75, 3.05) is 7.11 Å². The lowest BCUT2D eigenvalue weighted by Gasteiger charge is -2.32. The van der Waals surface area contributed by atoms with Crippen LogP contribution in [0.25, 0.3) is 0 Å². The van der Waals surface area contributed by atoms with E-state index in [1.165, 1.54) is 0 Å². The van der Waals surface area contributed by atoms with E-state index in [9.17, 15) is 5.11 Å². The summed E-state index contributed by atoms with van der Waals surface area (Å²) in [5.41, 5.74) is -0.784. The number of rotatable bonds is 1. The van der Waals surface area contributed by atoms with Gasteiger partial charge in [-0.2, -0.15) is 0 Å². The maximum atomic E-state index is 9.92. The molecule has 1 rings (SSSR count). The maximum absolute atomic E-state index is 9.92. The molecule has 1 N–H and O–H groups in total. The zero-order valence-electron chi connectivity index (χ0n) is 7.76. The second-order valence-corrected chi connectivity index (χ2v) is 3.36. The van der Waals surface area contributed by atoms with Crippen molar-refractivity contribution in [3.05, 3.63) is 0 Å². The summed E-state index contributed by atoms with van der Waals surface area (Å²) in [7, 11) is 1.69. The van der Waals surface area contributed by atoms with Gasteiger partial charge in [0.1, 0.15) is 5.60 Å². The average molecular weight is 168 g/mol. The summed E-state index contributed by atoms with van der Waals surface area (Å²) in [6.45, 7) is 1.76. The van der Waals surface area contributed by atoms with Gasteiger partial charge in [-0.3, -0.25) is 0 Å². The van der Waals surface area contributed by atoms with E-state index in [1.54, 1.807) is 14.0 Å². The molecule has 1 aliphatic rings. The monoisotopic (exact) mass is 168 g/mol. The second kappa shape index (κ2) is 3.93. The molecule has 2 unspecified atom stereocenters. The van der Waals surface area contributed by atoms with Gasteiger partial charge in [0, 0.05) is 13.5 Å². The van der Waals surface area contributed by atoms with Crippen LogP contribution >= 0.6 is 0 Å². The Morgan fingerprint density at radius 2 is 2.33 bits per heavy atom. The lowest BCUT2D eigenvalue weighted by molar-refractivity contribution is -0.0238. The largest absolute Gasteiger partial charge is 0.381 e. The van der Waals surface area contributed by atoms with E-state index < -0.39 is 5.60 Å². The molecule has 1 aliphatic carbocycles. The predicted molar refractivity (Wildman–Crippen MR) is 47.7 cm³/mol. The number of aliphatic hydroxyl groups is 1. The normalized spacial score (nSPS) is 35.4. The van der Waals surface area contributed by atoms with Crippen molar-refractivity contribution < 1.29 is 9.84 Å². The van der Waals surface area contributed by atoms with Crippen LogP contribution in [0.2, 0.25) is 0 Å². The van der Waals surface area contributed by atoms with Crippen molar-refractivity contribution in [2.45, 2.75) is 44.3 Å². The lowest BCUT2D eigenvalue weighted by atomic mass is 9.83. The molecule has 0 aromatic rings. The Kier molecular flexibility index (Phi) is 3.13. The fourth-order valence-corrected chi connectivity index (χ4v) is 1.75. The van der Waals surface area contributed by atoms with Gasteiger partial charge in [-0.25, -0.2) is 0 Å². The van der Waals surface area contributed by atoms with Gasteiger partial charge in [0.25, 0.3) is 0 Å². The van der Waals surface area contributed by atoms with Crippen LogP contribution < -0.4 is 0 Å². The summed E-state index contributed by atoms with van der Waals surface area (Å²) in [5, 5.41) is 9.92. The summed E-state index contributed by atoms with van der Waals surface area (Å²) in [6.07, 6.45) is 3.68. The third-order valence-corrected chi connectivity index (χ3v) is 2.37. The smallest absolute Gasteiger partial charge is 0.127 e. The molecule has 0 aliphatic heterocycles. The minimum Gasteiger partial charge on any atom is -0.381 e. The standard InChI is InChI=1S/C10H16O2/c1-3-6-10(11)7-4-5-9(8-10)12-2/h9,11H,4-5,7-8H2,1-2H3. The quantitative estimate of drug-likeness (QED) is 0.598. The van der Waals surface area contributed by atoms with Crippen molar-refractivity contribution in [1.82, 2.24) is 0 Å². The van der Waals surface area contributed by atoms with Gasteiger partial charge >= 0.3 is 0 Å². The fraction of sp³-hybridized carbons (Fsp3) is 0.800. The summed E-state index contributed by atoms with van der Waals surface area (Å²) in [4.78, 5) is 0. The van der Waals surface area contributed by atoms with Crippen LogP contribution in [-0.2, 0) is 4.74 Å². The van der Waals surface area contributed by atoms with Crippen molar-refractivity contribution in [2.24, 2.45) is 0 Å². The molecule has 12 heavy (non-hydrogen) atoms. The highest BCUT2D eigenvalue weighted by atomic mass is 16.5. The number of methoxy groups -OCH3 is 1. The third-order valence-electron chi connectivity index (χ3n) is 2.37. The topological polar surface area (TPSA) is 29.5 Å². The summed E-state index contributed by atoms with van der Waals surface area (Å²) in [5.74, 6) is 5.62. The molecule has 2 nitrogen and oxygen atoms in total. The molecule has 0 spiro atoms. The van der Waals surface area contributed by atoms with Crippen LogP contribution in [0.1, 0.15) is 32.6 Å². The molecule has 1 saturated carbocycles. The molecule has 0 heterocycles. The highest BCUT2D eigenvalue weighted by Crippen LogP contribution is 2.29. The van der Waals surface area contributed by atoms with Gasteiger partial charge < -0.3 is 9.84 Å². The summed E-state index contributed by atoms with van der Waals surface area (Å²) < 4.78 is 5.21. The van der Waals surface area contributed by atoms with Crippen molar-refractivity contribution >= 4 is 0 Å². The molecule has 1 fully saturated rings. The first-order chi connectivity index (χ1) is 5.70. The van der Waals surface area contributed by atoms with Crippen molar-refractivity contribution in [3.8, 4) is 11.8 Å². The minimum atomic E-state index is -0.784. The van der Waals surface area contributed by atoms with Crippen LogP contribution in [0.3, 0.4) is 0 Å². The van der Waals surface area contributed by atoms with Gasteiger partial charge in [0.2, 0.25) is 0 Å². The Hall–Kier alpha value is -0.520. The molecule has 0 aromatic heterocycles. The highest BCUT2D eigenvalue weighted by Gasteiger charge is 2.32. The molecular weight excluding hydrogens is 152 g/mol. The fourth-order valence-electron chi connectivity index (χ4n) is 1.75. The molecule has 2 atom stereocenters. The van der Waals surface area contributed by atoms with Gasteiger partial charge in [0.15, 0.2) is 0 Å². The molecule has 0 amide bonds. The Morgan fingerprint density at radius 1 is 1.58 bits per heavy atom. The Bertz CT molecular complexity index is 202. The van der Waals surface area contributed by atoms with Crippen LogP contribution in [0.5, 0.6) is 0 Å². The van der Waals surface area contributed by atoms with Gasteiger partial charge in [-0.15, -0.1) is 5.92 Å². The zero-order chi connectivity index (χ0) is 9.03. The first-order valence-corrected chi connectivity index (χ1v) is 4.39. The third kappa shape index (κ3) is 2.23. The second-order valence-electron chi connectivity index (χ2n) is 3.36. The molecule has 0 saturated heterocycles. The molecule has 0 radical (unpaired) electrons. The molecule has 0 bridgehead atoms. The van der Waals surface area contributed by atoms with Crippen LogP contribution in [0.15, 0.2) is 0 Å². The lowest BCUT2D eigenvalue weighted by Crippen LogP contribution is -2.36. The molecule has 0 aromatic carbocycles. The van der Waals surface area contributed by atoms with E-state index in [0.29, 0.717) is 6.42 Å². The predicted octanol–water partition coefficient (Wildman–Crippen LogP) is 1.33. The van der Waals surface area contributed by atoms with E-state index >= 15 is 0 Å². The highest BCUT2D eigenvalue weighted by molar-refractivity contribution is 5.14. The van der Waals surface area contributed by atoms with E-state index in [4.69, 9.17) is 4.74 Å². The Balaban J connectivity index is 2.58. The first-order valence-electron chi connectivity index (χ1n) is 4.39. The Labute approximate surface area is 73.9 Å².